The summed E-state index contributed by atoms with van der Waals surface area (Å²) in [6.07, 6.45) is 1.87. The van der Waals surface area contributed by atoms with Crippen molar-refractivity contribution in [1.29, 1.82) is 0 Å². The zero-order chi connectivity index (χ0) is 16.1. The van der Waals surface area contributed by atoms with Gasteiger partial charge in [-0.05, 0) is 19.4 Å². The molecular weight excluding hydrogens is 306 g/mol. The zero-order valence-electron chi connectivity index (χ0n) is 12.6. The monoisotopic (exact) mass is 323 g/mol. The molecule has 0 spiro atoms. The van der Waals surface area contributed by atoms with Crippen LogP contribution in [0.1, 0.15) is 35.9 Å². The molecule has 22 heavy (non-hydrogen) atoms. The van der Waals surface area contributed by atoms with Crippen LogP contribution >= 0.6 is 11.6 Å². The number of hydrogen-bond acceptors (Lipinski definition) is 4. The summed E-state index contributed by atoms with van der Waals surface area (Å²) < 4.78 is 10.5. The summed E-state index contributed by atoms with van der Waals surface area (Å²) in [5.41, 5.74) is 1.09. The lowest BCUT2D eigenvalue weighted by molar-refractivity contribution is -0.124. The second-order valence-electron chi connectivity index (χ2n) is 4.95. The van der Waals surface area contributed by atoms with E-state index in [9.17, 15) is 9.59 Å². The minimum atomic E-state index is -0.671. The topological polar surface area (TPSA) is 68.5 Å². The Kier molecular flexibility index (Phi) is 5.44. The van der Waals surface area contributed by atoms with E-state index in [0.29, 0.717) is 22.7 Å². The van der Waals surface area contributed by atoms with Gasteiger partial charge >= 0.3 is 5.97 Å². The van der Waals surface area contributed by atoms with Crippen molar-refractivity contribution in [2.75, 3.05) is 13.2 Å². The van der Waals surface area contributed by atoms with Crippen molar-refractivity contribution < 1.29 is 18.7 Å². The average Bonchev–Trinajstić information content (AvgIpc) is 2.84. The zero-order valence-corrected chi connectivity index (χ0v) is 13.3. The van der Waals surface area contributed by atoms with Gasteiger partial charge in [-0.25, -0.2) is 4.79 Å². The predicted molar refractivity (Wildman–Crippen MR) is 84.2 cm³/mol. The molecule has 1 amide bonds. The summed E-state index contributed by atoms with van der Waals surface area (Å²) in [6, 6.07) is 5.28. The molecule has 0 saturated carbocycles. The molecule has 0 atom stereocenters. The highest BCUT2D eigenvalue weighted by Crippen LogP contribution is 2.30. The summed E-state index contributed by atoms with van der Waals surface area (Å²) in [5.74, 6) is -0.923. The Morgan fingerprint density at radius 1 is 1.36 bits per heavy atom. The third kappa shape index (κ3) is 3.60. The van der Waals surface area contributed by atoms with Crippen molar-refractivity contribution in [2.24, 2.45) is 0 Å². The normalized spacial score (nSPS) is 10.7. The van der Waals surface area contributed by atoms with Gasteiger partial charge in [0.2, 0.25) is 5.76 Å². The van der Waals surface area contributed by atoms with E-state index in [2.05, 4.69) is 5.32 Å². The summed E-state index contributed by atoms with van der Waals surface area (Å²) in [6.45, 7) is 4.03. The maximum atomic E-state index is 12.0. The maximum Gasteiger partial charge on any atom is 0.375 e. The van der Waals surface area contributed by atoms with Gasteiger partial charge in [0, 0.05) is 17.5 Å². The smallest absolute Gasteiger partial charge is 0.375 e. The number of fused-ring (bicyclic) bond motifs is 1. The number of ether oxygens (including phenoxy) is 1. The number of carbonyl (C=O) groups is 2. The molecule has 1 N–H and O–H groups in total. The predicted octanol–water partition coefficient (Wildman–Crippen LogP) is 3.47. The third-order valence-corrected chi connectivity index (χ3v) is 3.59. The molecule has 0 unspecified atom stereocenters. The molecule has 1 aromatic heterocycles. The molecule has 0 saturated heterocycles. The van der Waals surface area contributed by atoms with Gasteiger partial charge < -0.3 is 14.5 Å². The molecule has 1 aromatic carbocycles. The van der Waals surface area contributed by atoms with Crippen LogP contribution in [-0.2, 0) is 9.53 Å². The molecule has 0 radical (unpaired) electrons. The molecule has 0 aliphatic carbocycles. The van der Waals surface area contributed by atoms with E-state index in [1.165, 1.54) is 0 Å². The van der Waals surface area contributed by atoms with Crippen LogP contribution in [0.25, 0.3) is 11.0 Å². The van der Waals surface area contributed by atoms with Crippen LogP contribution in [-0.4, -0.2) is 25.0 Å². The summed E-state index contributed by atoms with van der Waals surface area (Å²) in [7, 11) is 0. The number of para-hydroxylation sites is 1. The molecule has 1 heterocycles. The summed E-state index contributed by atoms with van der Waals surface area (Å²) >= 11 is 6.04. The van der Waals surface area contributed by atoms with E-state index < -0.39 is 5.97 Å². The van der Waals surface area contributed by atoms with E-state index in [4.69, 9.17) is 20.8 Å². The van der Waals surface area contributed by atoms with E-state index in [0.717, 1.165) is 18.2 Å². The number of rotatable bonds is 6. The molecule has 0 fully saturated rings. The Hall–Kier alpha value is -2.01. The number of carbonyl (C=O) groups excluding carboxylic acids is 2. The van der Waals surface area contributed by atoms with Crippen molar-refractivity contribution in [2.45, 2.75) is 26.7 Å². The van der Waals surface area contributed by atoms with Gasteiger partial charge in [0.1, 0.15) is 0 Å². The number of benzene rings is 1. The Balaban J connectivity index is 2.03. The van der Waals surface area contributed by atoms with Crippen LogP contribution in [0, 0.1) is 6.92 Å². The standard InChI is InChI=1S/C16H18ClNO4/c1-3-4-8-18-13(19)9-21-16(20)14-10(2)11-6-5-7-12(17)15(11)22-14/h5-7H,3-4,8-9H2,1-2H3,(H,18,19). The Morgan fingerprint density at radius 3 is 2.82 bits per heavy atom. The fraction of sp³-hybridized carbons (Fsp3) is 0.375. The second-order valence-corrected chi connectivity index (χ2v) is 5.36. The lowest BCUT2D eigenvalue weighted by Crippen LogP contribution is -2.29. The Morgan fingerprint density at radius 2 is 2.14 bits per heavy atom. The number of furan rings is 1. The van der Waals surface area contributed by atoms with E-state index in [1.54, 1.807) is 19.1 Å². The summed E-state index contributed by atoms with van der Waals surface area (Å²) in [4.78, 5) is 23.6. The third-order valence-electron chi connectivity index (χ3n) is 3.29. The Labute approximate surface area is 133 Å². The van der Waals surface area contributed by atoms with Crippen molar-refractivity contribution >= 4 is 34.4 Å². The van der Waals surface area contributed by atoms with Crippen molar-refractivity contribution in [3.63, 3.8) is 0 Å². The first-order valence-corrected chi connectivity index (χ1v) is 7.53. The number of nitrogens with one attached hydrogen (secondary N) is 1. The molecule has 2 aromatic rings. The van der Waals surface area contributed by atoms with Gasteiger partial charge in [0.15, 0.2) is 12.2 Å². The maximum absolute atomic E-state index is 12.0. The largest absolute Gasteiger partial charge is 0.450 e. The van der Waals surface area contributed by atoms with Crippen molar-refractivity contribution in [3.8, 4) is 0 Å². The van der Waals surface area contributed by atoms with Crippen LogP contribution in [0.15, 0.2) is 22.6 Å². The van der Waals surface area contributed by atoms with Crippen LogP contribution in [0.4, 0.5) is 0 Å². The fourth-order valence-electron chi connectivity index (χ4n) is 2.06. The molecule has 2 rings (SSSR count). The number of unbranched alkanes of at least 4 members (excludes halogenated alkanes) is 1. The quantitative estimate of drug-likeness (QED) is 0.653. The van der Waals surface area contributed by atoms with Gasteiger partial charge in [-0.3, -0.25) is 4.79 Å². The molecule has 0 bridgehead atoms. The highest BCUT2D eigenvalue weighted by molar-refractivity contribution is 6.35. The van der Waals surface area contributed by atoms with E-state index >= 15 is 0 Å². The first kappa shape index (κ1) is 16.4. The molecule has 0 aliphatic rings. The molecule has 5 nitrogen and oxygen atoms in total. The van der Waals surface area contributed by atoms with Crippen molar-refractivity contribution in [1.82, 2.24) is 5.32 Å². The van der Waals surface area contributed by atoms with Crippen molar-refractivity contribution in [3.05, 3.63) is 34.5 Å². The molecular formula is C16H18ClNO4. The lowest BCUT2D eigenvalue weighted by Gasteiger charge is -2.05. The lowest BCUT2D eigenvalue weighted by atomic mass is 10.1. The van der Waals surface area contributed by atoms with Crippen LogP contribution in [0.2, 0.25) is 5.02 Å². The number of hydrogen-bond donors (Lipinski definition) is 1. The van der Waals surface area contributed by atoms with Gasteiger partial charge in [-0.15, -0.1) is 0 Å². The molecule has 118 valence electrons. The van der Waals surface area contributed by atoms with Crippen LogP contribution < -0.4 is 5.32 Å². The average molecular weight is 324 g/mol. The minimum Gasteiger partial charge on any atom is -0.450 e. The highest BCUT2D eigenvalue weighted by atomic mass is 35.5. The molecule has 0 aliphatic heterocycles. The molecule has 6 heteroatoms. The number of halogens is 1. The van der Waals surface area contributed by atoms with Gasteiger partial charge in [0.25, 0.3) is 5.91 Å². The van der Waals surface area contributed by atoms with Gasteiger partial charge in [0.05, 0.1) is 5.02 Å². The number of amides is 1. The second kappa shape index (κ2) is 7.31. The fourth-order valence-corrected chi connectivity index (χ4v) is 2.27. The summed E-state index contributed by atoms with van der Waals surface area (Å²) in [5, 5.41) is 3.86. The van der Waals surface area contributed by atoms with E-state index in [1.807, 2.05) is 13.0 Å². The van der Waals surface area contributed by atoms with Crippen LogP contribution in [0.5, 0.6) is 0 Å². The highest BCUT2D eigenvalue weighted by Gasteiger charge is 2.21. The van der Waals surface area contributed by atoms with Crippen LogP contribution in [0.3, 0.4) is 0 Å². The SMILES string of the molecule is CCCCNC(=O)COC(=O)c1oc2c(Cl)cccc2c1C. The van der Waals surface area contributed by atoms with Gasteiger partial charge in [-0.1, -0.05) is 37.1 Å². The van der Waals surface area contributed by atoms with Gasteiger partial charge in [-0.2, -0.15) is 0 Å². The number of esters is 1. The first-order valence-electron chi connectivity index (χ1n) is 7.16. The van der Waals surface area contributed by atoms with E-state index in [-0.39, 0.29) is 18.3 Å². The first-order chi connectivity index (χ1) is 10.5. The minimum absolute atomic E-state index is 0.0736. The number of aryl methyl sites for hydroxylation is 1. The Bertz CT molecular complexity index is 693.